The van der Waals surface area contributed by atoms with Crippen molar-refractivity contribution >= 4 is 27.5 Å². The van der Waals surface area contributed by atoms with Crippen molar-refractivity contribution in [3.8, 4) is 0 Å². The van der Waals surface area contributed by atoms with Crippen LogP contribution in [-0.2, 0) is 10.0 Å². The van der Waals surface area contributed by atoms with E-state index in [2.05, 4.69) is 18.2 Å². The second kappa shape index (κ2) is 8.03. The van der Waals surface area contributed by atoms with E-state index in [4.69, 9.17) is 10.2 Å². The van der Waals surface area contributed by atoms with Crippen molar-refractivity contribution < 1.29 is 8.42 Å². The number of sulfonamides is 1. The predicted octanol–water partition coefficient (Wildman–Crippen LogP) is 4.35. The summed E-state index contributed by atoms with van der Waals surface area (Å²) < 4.78 is 23.1. The van der Waals surface area contributed by atoms with Gasteiger partial charge in [0.15, 0.2) is 0 Å². The quantitative estimate of drug-likeness (QED) is 0.688. The van der Waals surface area contributed by atoms with Crippen molar-refractivity contribution in [2.45, 2.75) is 17.4 Å². The maximum absolute atomic E-state index is 11.6. The first-order valence-corrected chi connectivity index (χ1v) is 10.8. The van der Waals surface area contributed by atoms with Gasteiger partial charge in [-0.05, 0) is 41.5 Å². The zero-order chi connectivity index (χ0) is 20.3. The Kier molecular flexibility index (Phi) is 5.29. The minimum Gasteiger partial charge on any atom is -0.257 e. The number of hydrazone groups is 1. The lowest BCUT2D eigenvalue weighted by atomic mass is 10.0. The zero-order valence-electron chi connectivity index (χ0n) is 15.7. The lowest BCUT2D eigenvalue weighted by molar-refractivity contribution is 0.597. The smallest absolute Gasteiger partial charge is 0.238 e. The SMILES string of the molecule is NS(=O)(=O)c1ccc(N2N=C(/C=C/c3ccccc3)C[C@H]2c2ccccc2)cc1. The van der Waals surface area contributed by atoms with Crippen molar-refractivity contribution in [2.75, 3.05) is 5.01 Å². The van der Waals surface area contributed by atoms with Gasteiger partial charge in [-0.1, -0.05) is 66.7 Å². The Morgan fingerprint density at radius 1 is 0.862 bits per heavy atom. The summed E-state index contributed by atoms with van der Waals surface area (Å²) in [5.74, 6) is 0. The van der Waals surface area contributed by atoms with Gasteiger partial charge in [-0.2, -0.15) is 5.10 Å². The van der Waals surface area contributed by atoms with Crippen LogP contribution in [0.15, 0.2) is 101 Å². The summed E-state index contributed by atoms with van der Waals surface area (Å²) in [6.07, 6.45) is 4.84. The van der Waals surface area contributed by atoms with Gasteiger partial charge in [0.05, 0.1) is 22.3 Å². The molecule has 0 bridgehead atoms. The molecule has 0 spiro atoms. The number of nitrogens with zero attached hydrogens (tertiary/aromatic N) is 2. The molecule has 1 heterocycles. The number of allylic oxidation sites excluding steroid dienone is 1. The van der Waals surface area contributed by atoms with Gasteiger partial charge in [0, 0.05) is 6.42 Å². The van der Waals surface area contributed by atoms with E-state index in [0.29, 0.717) is 0 Å². The summed E-state index contributed by atoms with van der Waals surface area (Å²) in [5, 5.41) is 12.0. The lowest BCUT2D eigenvalue weighted by Gasteiger charge is -2.24. The van der Waals surface area contributed by atoms with Crippen molar-refractivity contribution in [2.24, 2.45) is 10.2 Å². The summed E-state index contributed by atoms with van der Waals surface area (Å²) in [7, 11) is -3.72. The standard InChI is InChI=1S/C23H21N3O2S/c24-29(27,28)22-15-13-21(14-16-22)26-23(19-9-5-2-6-10-19)17-20(25-26)12-11-18-7-3-1-4-8-18/h1-16,23H,17H2,(H2,24,27,28)/b12-11+/t23-/m0/s1. The molecule has 146 valence electrons. The van der Waals surface area contributed by atoms with Crippen LogP contribution in [-0.4, -0.2) is 14.1 Å². The van der Waals surface area contributed by atoms with Crippen LogP contribution in [0.5, 0.6) is 0 Å². The molecule has 3 aromatic rings. The number of primary sulfonamides is 1. The second-order valence-corrected chi connectivity index (χ2v) is 8.41. The molecule has 0 aromatic heterocycles. The molecule has 0 unspecified atom stereocenters. The monoisotopic (exact) mass is 403 g/mol. The molecule has 5 nitrogen and oxygen atoms in total. The maximum Gasteiger partial charge on any atom is 0.238 e. The average molecular weight is 404 g/mol. The van der Waals surface area contributed by atoms with E-state index in [0.717, 1.165) is 28.9 Å². The zero-order valence-corrected chi connectivity index (χ0v) is 16.5. The predicted molar refractivity (Wildman–Crippen MR) is 117 cm³/mol. The van der Waals surface area contributed by atoms with E-state index in [1.54, 1.807) is 12.1 Å². The first-order valence-electron chi connectivity index (χ1n) is 9.28. The van der Waals surface area contributed by atoms with Crippen molar-refractivity contribution in [1.82, 2.24) is 0 Å². The molecule has 0 amide bonds. The molecule has 0 radical (unpaired) electrons. The van der Waals surface area contributed by atoms with E-state index < -0.39 is 10.0 Å². The summed E-state index contributed by atoms with van der Waals surface area (Å²) >= 11 is 0. The molecule has 0 fully saturated rings. The highest BCUT2D eigenvalue weighted by Gasteiger charge is 2.28. The molecule has 4 rings (SSSR count). The fourth-order valence-corrected chi connectivity index (χ4v) is 3.87. The van der Waals surface area contributed by atoms with Gasteiger partial charge in [-0.25, -0.2) is 13.6 Å². The Labute approximate surface area is 170 Å². The molecule has 1 aliphatic rings. The Bertz CT molecular complexity index is 1140. The largest absolute Gasteiger partial charge is 0.257 e. The van der Waals surface area contributed by atoms with Crippen molar-refractivity contribution in [3.05, 3.63) is 102 Å². The third-order valence-corrected chi connectivity index (χ3v) is 5.75. The Hall–Kier alpha value is -3.22. The Morgan fingerprint density at radius 2 is 1.48 bits per heavy atom. The van der Waals surface area contributed by atoms with Gasteiger partial charge in [-0.15, -0.1) is 0 Å². The highest BCUT2D eigenvalue weighted by Crippen LogP contribution is 2.35. The second-order valence-electron chi connectivity index (χ2n) is 6.85. The number of nitrogens with two attached hydrogens (primary N) is 1. The Morgan fingerprint density at radius 3 is 2.10 bits per heavy atom. The van der Waals surface area contributed by atoms with Crippen molar-refractivity contribution in [1.29, 1.82) is 0 Å². The van der Waals surface area contributed by atoms with Gasteiger partial charge in [0.1, 0.15) is 0 Å². The van der Waals surface area contributed by atoms with E-state index in [1.165, 1.54) is 12.1 Å². The molecule has 0 aliphatic carbocycles. The third kappa shape index (κ3) is 4.45. The summed E-state index contributed by atoms with van der Waals surface area (Å²) in [4.78, 5) is 0.0879. The molecular weight excluding hydrogens is 382 g/mol. The molecular formula is C23H21N3O2S. The lowest BCUT2D eigenvalue weighted by Crippen LogP contribution is -2.19. The van der Waals surface area contributed by atoms with E-state index in [-0.39, 0.29) is 10.9 Å². The van der Waals surface area contributed by atoms with Crippen LogP contribution in [0.25, 0.3) is 6.08 Å². The first kappa shape index (κ1) is 19.1. The van der Waals surface area contributed by atoms with Crippen LogP contribution in [0.4, 0.5) is 5.69 Å². The first-order chi connectivity index (χ1) is 14.0. The molecule has 6 heteroatoms. The number of anilines is 1. The van der Waals surface area contributed by atoms with Gasteiger partial charge < -0.3 is 0 Å². The minimum atomic E-state index is -3.72. The molecule has 29 heavy (non-hydrogen) atoms. The summed E-state index contributed by atoms with van der Waals surface area (Å²) in [5.41, 5.74) is 4.03. The van der Waals surface area contributed by atoms with Crippen LogP contribution in [0.1, 0.15) is 23.6 Å². The number of benzene rings is 3. The van der Waals surface area contributed by atoms with Gasteiger partial charge in [0.25, 0.3) is 0 Å². The van der Waals surface area contributed by atoms with Gasteiger partial charge >= 0.3 is 0 Å². The highest BCUT2D eigenvalue weighted by atomic mass is 32.2. The van der Waals surface area contributed by atoms with Crippen LogP contribution in [0.2, 0.25) is 0 Å². The van der Waals surface area contributed by atoms with Crippen molar-refractivity contribution in [3.63, 3.8) is 0 Å². The molecule has 3 aromatic carbocycles. The summed E-state index contributed by atoms with van der Waals surface area (Å²) in [6, 6.07) is 26.8. The van der Waals surface area contributed by atoms with Crippen LogP contribution < -0.4 is 10.1 Å². The number of hydrogen-bond acceptors (Lipinski definition) is 4. The van der Waals surface area contributed by atoms with Gasteiger partial charge in [0.2, 0.25) is 10.0 Å². The van der Waals surface area contributed by atoms with E-state index >= 15 is 0 Å². The molecule has 0 saturated carbocycles. The average Bonchev–Trinajstić information content (AvgIpc) is 3.17. The normalized spacial score (nSPS) is 16.9. The Balaban J connectivity index is 1.66. The fraction of sp³-hybridized carbons (Fsp3) is 0.0870. The summed E-state index contributed by atoms with van der Waals surface area (Å²) in [6.45, 7) is 0. The van der Waals surface area contributed by atoms with E-state index in [1.807, 2.05) is 59.6 Å². The number of hydrogen-bond donors (Lipinski definition) is 1. The topological polar surface area (TPSA) is 75.8 Å². The van der Waals surface area contributed by atoms with Crippen LogP contribution >= 0.6 is 0 Å². The third-order valence-electron chi connectivity index (χ3n) is 4.82. The van der Waals surface area contributed by atoms with Crippen LogP contribution in [0.3, 0.4) is 0 Å². The maximum atomic E-state index is 11.6. The fourth-order valence-electron chi connectivity index (χ4n) is 3.35. The van der Waals surface area contributed by atoms with E-state index in [9.17, 15) is 8.42 Å². The molecule has 1 aliphatic heterocycles. The number of rotatable bonds is 5. The molecule has 2 N–H and O–H groups in total. The molecule has 0 saturated heterocycles. The van der Waals surface area contributed by atoms with Gasteiger partial charge in [-0.3, -0.25) is 5.01 Å². The minimum absolute atomic E-state index is 0.0342. The molecule has 1 atom stereocenters. The highest BCUT2D eigenvalue weighted by molar-refractivity contribution is 7.89. The van der Waals surface area contributed by atoms with Crippen LogP contribution in [0, 0.1) is 0 Å².